The summed E-state index contributed by atoms with van der Waals surface area (Å²) >= 11 is 3.12. The van der Waals surface area contributed by atoms with Crippen molar-refractivity contribution in [3.8, 4) is 0 Å². The summed E-state index contributed by atoms with van der Waals surface area (Å²) < 4.78 is 14.3. The number of nitrogens with one attached hydrogen (secondary N) is 6. The normalized spacial score (nSPS) is 23.3. The zero-order valence-corrected chi connectivity index (χ0v) is 25.6. The summed E-state index contributed by atoms with van der Waals surface area (Å²) in [5, 5.41) is 12.7. The maximum Gasteiger partial charge on any atom is 0.0965 e. The van der Waals surface area contributed by atoms with E-state index in [9.17, 15) is 0 Å². The zero-order chi connectivity index (χ0) is 28.7. The van der Waals surface area contributed by atoms with Gasteiger partial charge in [0.2, 0.25) is 0 Å². The van der Waals surface area contributed by atoms with Crippen LogP contribution in [0.2, 0.25) is 0 Å². The van der Waals surface area contributed by atoms with Gasteiger partial charge in [-0.15, -0.1) is 0 Å². The van der Waals surface area contributed by atoms with Crippen LogP contribution < -0.4 is 29.5 Å². The molecule has 0 spiro atoms. The van der Waals surface area contributed by atoms with Gasteiger partial charge in [0, 0.05) is 24.3 Å². The molecule has 0 aromatic heterocycles. The Labute approximate surface area is 256 Å². The molecule has 2 saturated heterocycles. The van der Waals surface area contributed by atoms with E-state index in [1.54, 1.807) is 24.3 Å². The molecule has 5 aromatic rings. The monoisotopic (exact) mass is 592 g/mol. The van der Waals surface area contributed by atoms with E-state index in [0.29, 0.717) is 0 Å². The molecule has 214 valence electrons. The Hall–Kier alpha value is -2.92. The SMILES string of the molecule is CC(C)(C)c1ccc2c(C3NSNC(c4ccccc4)N3)c3ccccc3c(C3NSNC(c4ccccc4)N3)c2c1. The molecule has 0 aliphatic carbocycles. The fraction of sp³-hybridized carbons (Fsp3) is 0.235. The molecule has 0 bridgehead atoms. The van der Waals surface area contributed by atoms with Gasteiger partial charge in [0.05, 0.1) is 24.7 Å². The van der Waals surface area contributed by atoms with Gasteiger partial charge in [-0.1, -0.05) is 124 Å². The second-order valence-electron chi connectivity index (χ2n) is 11.9. The van der Waals surface area contributed by atoms with Crippen molar-refractivity contribution in [2.75, 3.05) is 0 Å². The van der Waals surface area contributed by atoms with E-state index in [2.05, 4.69) is 153 Å². The van der Waals surface area contributed by atoms with Crippen molar-refractivity contribution in [3.05, 3.63) is 131 Å². The molecule has 4 unspecified atom stereocenters. The van der Waals surface area contributed by atoms with Crippen molar-refractivity contribution in [1.29, 1.82) is 0 Å². The van der Waals surface area contributed by atoms with E-state index >= 15 is 0 Å². The predicted molar refractivity (Wildman–Crippen MR) is 178 cm³/mol. The molecule has 4 atom stereocenters. The standard InChI is InChI=1S/C34H36N6S2/c1-34(2,3)23-18-19-26-27(20-23)29(33-36-31(38-42-40-33)22-14-8-5-9-15-22)25-17-11-10-16-24(25)28(26)32-35-30(37-41-39-32)21-12-6-4-7-13-21/h4-20,30-33,35-40H,1-3H3. The number of fused-ring (bicyclic) bond motifs is 2. The third-order valence-corrected chi connectivity index (χ3v) is 9.60. The molecule has 0 radical (unpaired) electrons. The van der Waals surface area contributed by atoms with E-state index in [1.165, 1.54) is 49.4 Å². The van der Waals surface area contributed by atoms with E-state index in [-0.39, 0.29) is 30.1 Å². The van der Waals surface area contributed by atoms with Crippen LogP contribution in [0.15, 0.2) is 103 Å². The summed E-state index contributed by atoms with van der Waals surface area (Å²) in [5.74, 6) is 0. The Kier molecular flexibility index (Phi) is 7.73. The third-order valence-electron chi connectivity index (χ3n) is 8.19. The highest BCUT2D eigenvalue weighted by Crippen LogP contribution is 2.42. The Morgan fingerprint density at radius 3 is 1.40 bits per heavy atom. The molecular weight excluding hydrogens is 557 g/mol. The Bertz CT molecular complexity index is 1710. The van der Waals surface area contributed by atoms with Crippen molar-refractivity contribution in [1.82, 2.24) is 29.5 Å². The topological polar surface area (TPSA) is 72.2 Å². The summed E-state index contributed by atoms with van der Waals surface area (Å²) in [6.07, 6.45) is -0.111. The average molecular weight is 593 g/mol. The number of benzene rings is 5. The van der Waals surface area contributed by atoms with Gasteiger partial charge in [0.15, 0.2) is 0 Å². The molecule has 2 fully saturated rings. The molecule has 6 nitrogen and oxygen atoms in total. The molecule has 0 amide bonds. The summed E-state index contributed by atoms with van der Waals surface area (Å²) in [4.78, 5) is 0. The summed E-state index contributed by atoms with van der Waals surface area (Å²) in [6, 6.07) is 37.0. The van der Waals surface area contributed by atoms with Gasteiger partial charge in [-0.25, -0.2) is 18.9 Å². The molecular formula is C34H36N6S2. The lowest BCUT2D eigenvalue weighted by Crippen LogP contribution is -2.46. The summed E-state index contributed by atoms with van der Waals surface area (Å²) in [7, 11) is 0. The van der Waals surface area contributed by atoms with E-state index < -0.39 is 0 Å². The van der Waals surface area contributed by atoms with Gasteiger partial charge in [0.1, 0.15) is 0 Å². The van der Waals surface area contributed by atoms with Gasteiger partial charge >= 0.3 is 0 Å². The molecule has 2 heterocycles. The van der Waals surface area contributed by atoms with Crippen LogP contribution in [0.25, 0.3) is 21.5 Å². The van der Waals surface area contributed by atoms with E-state index in [4.69, 9.17) is 0 Å². The lowest BCUT2D eigenvalue weighted by Gasteiger charge is -2.36. The predicted octanol–water partition coefficient (Wildman–Crippen LogP) is 7.38. The summed E-state index contributed by atoms with van der Waals surface area (Å²) in [6.45, 7) is 6.86. The van der Waals surface area contributed by atoms with Crippen molar-refractivity contribution in [2.45, 2.75) is 50.8 Å². The zero-order valence-electron chi connectivity index (χ0n) is 23.9. The van der Waals surface area contributed by atoms with Gasteiger partial charge in [-0.05, 0) is 54.8 Å². The first-order valence-corrected chi connectivity index (χ1v) is 16.1. The Balaban J connectivity index is 1.41. The molecule has 42 heavy (non-hydrogen) atoms. The smallest absolute Gasteiger partial charge is 0.0965 e. The average Bonchev–Trinajstić information content (AvgIpc) is 3.04. The minimum absolute atomic E-state index is 0.0116. The highest BCUT2D eigenvalue weighted by atomic mass is 32.2. The molecule has 2 aliphatic heterocycles. The maximum absolute atomic E-state index is 3.87. The minimum Gasteiger partial charge on any atom is -0.277 e. The summed E-state index contributed by atoms with van der Waals surface area (Å²) in [5.41, 5.74) is 6.30. The fourth-order valence-corrected chi connectivity index (χ4v) is 7.40. The first-order chi connectivity index (χ1) is 20.5. The van der Waals surface area contributed by atoms with Gasteiger partial charge < -0.3 is 0 Å². The number of hydrogen-bond acceptors (Lipinski definition) is 8. The number of hydrogen-bond donors (Lipinski definition) is 6. The second-order valence-corrected chi connectivity index (χ2v) is 13.3. The first-order valence-electron chi connectivity index (χ1n) is 14.4. The van der Waals surface area contributed by atoms with Gasteiger partial charge in [-0.2, -0.15) is 0 Å². The van der Waals surface area contributed by atoms with Crippen LogP contribution in [0.4, 0.5) is 0 Å². The van der Waals surface area contributed by atoms with Crippen LogP contribution in [0.1, 0.15) is 73.3 Å². The van der Waals surface area contributed by atoms with Crippen molar-refractivity contribution in [2.24, 2.45) is 0 Å². The third kappa shape index (κ3) is 5.34. The van der Waals surface area contributed by atoms with Crippen molar-refractivity contribution < 1.29 is 0 Å². The van der Waals surface area contributed by atoms with Crippen LogP contribution in [0, 0.1) is 0 Å². The molecule has 2 aliphatic rings. The molecule has 5 aromatic carbocycles. The van der Waals surface area contributed by atoms with Crippen molar-refractivity contribution >= 4 is 45.8 Å². The molecule has 8 heteroatoms. The Morgan fingerprint density at radius 2 is 0.905 bits per heavy atom. The van der Waals surface area contributed by atoms with Crippen LogP contribution in [0.3, 0.4) is 0 Å². The fourth-order valence-electron chi connectivity index (χ4n) is 6.01. The molecule has 0 saturated carbocycles. The lowest BCUT2D eigenvalue weighted by molar-refractivity contribution is 0.403. The van der Waals surface area contributed by atoms with Crippen LogP contribution in [-0.2, 0) is 5.41 Å². The second kappa shape index (κ2) is 11.6. The molecule has 7 rings (SSSR count). The van der Waals surface area contributed by atoms with Crippen LogP contribution >= 0.6 is 24.3 Å². The van der Waals surface area contributed by atoms with E-state index in [1.807, 2.05) is 0 Å². The largest absolute Gasteiger partial charge is 0.277 e. The van der Waals surface area contributed by atoms with E-state index in [0.717, 1.165) is 0 Å². The Morgan fingerprint density at radius 1 is 0.476 bits per heavy atom. The highest BCUT2D eigenvalue weighted by molar-refractivity contribution is 7.95. The van der Waals surface area contributed by atoms with Gasteiger partial charge in [0.25, 0.3) is 0 Å². The van der Waals surface area contributed by atoms with Crippen LogP contribution in [-0.4, -0.2) is 0 Å². The lowest BCUT2D eigenvalue weighted by atomic mass is 9.82. The van der Waals surface area contributed by atoms with Crippen LogP contribution in [0.5, 0.6) is 0 Å². The number of rotatable bonds is 4. The molecule has 6 N–H and O–H groups in total. The van der Waals surface area contributed by atoms with Crippen molar-refractivity contribution in [3.63, 3.8) is 0 Å². The quantitative estimate of drug-likeness (QED) is 0.0955. The highest BCUT2D eigenvalue weighted by Gasteiger charge is 2.31. The van der Waals surface area contributed by atoms with Gasteiger partial charge in [-0.3, -0.25) is 10.6 Å². The maximum atomic E-state index is 3.87. The first kappa shape index (κ1) is 27.9. The minimum atomic E-state index is -0.0708.